The van der Waals surface area contributed by atoms with Crippen LogP contribution in [0, 0.1) is 0 Å². The van der Waals surface area contributed by atoms with Gasteiger partial charge in [-0.15, -0.1) is 0 Å². The molecule has 3 aliphatic rings. The van der Waals surface area contributed by atoms with E-state index in [1.807, 2.05) is 9.80 Å². The number of aliphatic hydroxyl groups excluding tert-OH is 6. The summed E-state index contributed by atoms with van der Waals surface area (Å²) in [6.45, 7) is 5.22. The lowest BCUT2D eigenvalue weighted by Gasteiger charge is -2.49. The minimum atomic E-state index is -1.28. The topological polar surface area (TPSA) is 146 Å². The van der Waals surface area contributed by atoms with E-state index < -0.39 is 61.3 Å². The van der Waals surface area contributed by atoms with Crippen LogP contribution in [0.1, 0.15) is 13.8 Å². The standard InChI is InChI=1S/C16H30N2O8/c1-7-9(19)11(21)13(23)15(25-7)17-3-5-18(6-4-17)16-14(24)12(22)10(20)8(2)26-16/h7-16,19-24H,3-6H2,1-2H3. The van der Waals surface area contributed by atoms with Crippen molar-refractivity contribution < 1.29 is 40.1 Å². The molecule has 10 unspecified atom stereocenters. The van der Waals surface area contributed by atoms with Crippen LogP contribution >= 0.6 is 0 Å². The SMILES string of the molecule is CC1OC(N2CCN(C3OC(C)C(O)C(O)C3O)CC2)C(O)C(O)C1O. The van der Waals surface area contributed by atoms with Gasteiger partial charge in [0.2, 0.25) is 0 Å². The second kappa shape index (κ2) is 7.92. The summed E-state index contributed by atoms with van der Waals surface area (Å²) in [7, 11) is 0. The molecular formula is C16H30N2O8. The number of piperazine rings is 1. The highest BCUT2D eigenvalue weighted by molar-refractivity contribution is 4.94. The van der Waals surface area contributed by atoms with Crippen LogP contribution in [0.4, 0.5) is 0 Å². The molecule has 0 bridgehead atoms. The van der Waals surface area contributed by atoms with Gasteiger partial charge in [-0.2, -0.15) is 0 Å². The van der Waals surface area contributed by atoms with E-state index in [0.29, 0.717) is 26.2 Å². The summed E-state index contributed by atoms with van der Waals surface area (Å²) < 4.78 is 11.3. The molecule has 0 aliphatic carbocycles. The zero-order valence-corrected chi connectivity index (χ0v) is 15.0. The normalized spacial score (nSPS) is 52.2. The Bertz CT molecular complexity index is 435. The molecule has 3 aliphatic heterocycles. The van der Waals surface area contributed by atoms with Gasteiger partial charge in [0.05, 0.1) is 12.2 Å². The zero-order chi connectivity index (χ0) is 19.2. The number of rotatable bonds is 2. The highest BCUT2D eigenvalue weighted by Crippen LogP contribution is 2.27. The smallest absolute Gasteiger partial charge is 0.140 e. The van der Waals surface area contributed by atoms with Gasteiger partial charge in [0.25, 0.3) is 0 Å². The minimum absolute atomic E-state index is 0.483. The first kappa shape index (κ1) is 20.3. The van der Waals surface area contributed by atoms with Crippen molar-refractivity contribution in [1.82, 2.24) is 9.80 Å². The largest absolute Gasteiger partial charge is 0.388 e. The Balaban J connectivity index is 1.59. The Labute approximate surface area is 152 Å². The van der Waals surface area contributed by atoms with Gasteiger partial charge in [-0.25, -0.2) is 0 Å². The number of ether oxygens (including phenoxy) is 2. The summed E-state index contributed by atoms with van der Waals surface area (Å²) in [5.41, 5.74) is 0. The molecule has 10 nitrogen and oxygen atoms in total. The maximum absolute atomic E-state index is 10.2. The fourth-order valence-corrected chi connectivity index (χ4v) is 3.91. The van der Waals surface area contributed by atoms with Gasteiger partial charge in [-0.1, -0.05) is 0 Å². The van der Waals surface area contributed by atoms with Crippen LogP contribution in [0.25, 0.3) is 0 Å². The lowest BCUT2D eigenvalue weighted by Crippen LogP contribution is -2.67. The molecule has 10 heteroatoms. The fraction of sp³-hybridized carbons (Fsp3) is 1.00. The second-order valence-electron chi connectivity index (χ2n) is 7.48. The molecule has 0 aromatic carbocycles. The minimum Gasteiger partial charge on any atom is -0.388 e. The van der Waals surface area contributed by atoms with Crippen molar-refractivity contribution in [2.75, 3.05) is 26.2 Å². The summed E-state index contributed by atoms with van der Waals surface area (Å²) in [6.07, 6.45) is -9.92. The molecule has 0 aromatic heterocycles. The summed E-state index contributed by atoms with van der Waals surface area (Å²) in [6, 6.07) is 0. The highest BCUT2D eigenvalue weighted by Gasteiger charge is 2.47. The van der Waals surface area contributed by atoms with Crippen molar-refractivity contribution in [2.45, 2.75) is 75.1 Å². The van der Waals surface area contributed by atoms with Gasteiger partial charge < -0.3 is 40.1 Å². The summed E-state index contributed by atoms with van der Waals surface area (Å²) in [5.74, 6) is 0. The van der Waals surface area contributed by atoms with Crippen molar-refractivity contribution in [2.24, 2.45) is 0 Å². The number of hydrogen-bond acceptors (Lipinski definition) is 10. The Morgan fingerprint density at radius 3 is 1.15 bits per heavy atom. The Morgan fingerprint density at radius 1 is 0.538 bits per heavy atom. The van der Waals surface area contributed by atoms with Crippen molar-refractivity contribution in [1.29, 1.82) is 0 Å². The first-order valence-corrected chi connectivity index (χ1v) is 9.09. The Morgan fingerprint density at radius 2 is 0.846 bits per heavy atom. The van der Waals surface area contributed by atoms with Crippen LogP contribution in [0.3, 0.4) is 0 Å². The summed E-state index contributed by atoms with van der Waals surface area (Å²) in [5, 5.41) is 60.0. The van der Waals surface area contributed by atoms with E-state index in [4.69, 9.17) is 9.47 Å². The van der Waals surface area contributed by atoms with Crippen molar-refractivity contribution in [3.05, 3.63) is 0 Å². The van der Waals surface area contributed by atoms with Gasteiger partial charge in [0.15, 0.2) is 0 Å². The molecule has 3 heterocycles. The van der Waals surface area contributed by atoms with E-state index in [-0.39, 0.29) is 0 Å². The van der Waals surface area contributed by atoms with E-state index in [2.05, 4.69) is 0 Å². The Kier molecular flexibility index (Phi) is 6.19. The summed E-state index contributed by atoms with van der Waals surface area (Å²) in [4.78, 5) is 3.74. The molecule has 0 saturated carbocycles. The van der Waals surface area contributed by atoms with Gasteiger partial charge in [0.1, 0.15) is 49.1 Å². The Hall–Kier alpha value is -0.400. The van der Waals surface area contributed by atoms with E-state index in [9.17, 15) is 30.6 Å². The van der Waals surface area contributed by atoms with Crippen molar-refractivity contribution in [3.63, 3.8) is 0 Å². The van der Waals surface area contributed by atoms with E-state index >= 15 is 0 Å². The first-order valence-electron chi connectivity index (χ1n) is 9.09. The number of aliphatic hydroxyl groups is 6. The predicted molar refractivity (Wildman–Crippen MR) is 87.9 cm³/mol. The maximum Gasteiger partial charge on any atom is 0.140 e. The molecule has 152 valence electrons. The van der Waals surface area contributed by atoms with Crippen LogP contribution < -0.4 is 0 Å². The van der Waals surface area contributed by atoms with Crippen LogP contribution in [0.15, 0.2) is 0 Å². The van der Waals surface area contributed by atoms with E-state index in [1.165, 1.54) is 0 Å². The molecule has 3 saturated heterocycles. The fourth-order valence-electron chi connectivity index (χ4n) is 3.91. The third-order valence-electron chi connectivity index (χ3n) is 5.72. The van der Waals surface area contributed by atoms with Crippen molar-refractivity contribution in [3.8, 4) is 0 Å². The molecule has 3 fully saturated rings. The predicted octanol–water partition coefficient (Wildman–Crippen LogP) is -3.74. The van der Waals surface area contributed by atoms with Crippen LogP contribution in [-0.2, 0) is 9.47 Å². The average molecular weight is 378 g/mol. The third kappa shape index (κ3) is 3.63. The monoisotopic (exact) mass is 378 g/mol. The molecule has 0 radical (unpaired) electrons. The van der Waals surface area contributed by atoms with E-state index in [1.54, 1.807) is 13.8 Å². The van der Waals surface area contributed by atoms with Gasteiger partial charge >= 0.3 is 0 Å². The molecule has 26 heavy (non-hydrogen) atoms. The van der Waals surface area contributed by atoms with Crippen LogP contribution in [0.5, 0.6) is 0 Å². The van der Waals surface area contributed by atoms with Crippen molar-refractivity contribution >= 4 is 0 Å². The average Bonchev–Trinajstić information content (AvgIpc) is 2.64. The van der Waals surface area contributed by atoms with Gasteiger partial charge in [-0.05, 0) is 13.8 Å². The highest BCUT2D eigenvalue weighted by atomic mass is 16.6. The summed E-state index contributed by atoms with van der Waals surface area (Å²) >= 11 is 0. The molecule has 10 atom stereocenters. The third-order valence-corrected chi connectivity index (χ3v) is 5.72. The molecule has 0 amide bonds. The quantitative estimate of drug-likeness (QED) is 0.283. The van der Waals surface area contributed by atoms with E-state index in [0.717, 1.165) is 0 Å². The van der Waals surface area contributed by atoms with Crippen LogP contribution in [0.2, 0.25) is 0 Å². The second-order valence-corrected chi connectivity index (χ2v) is 7.48. The molecule has 0 spiro atoms. The number of nitrogens with zero attached hydrogens (tertiary/aromatic N) is 2. The van der Waals surface area contributed by atoms with Crippen LogP contribution in [-0.4, -0.2) is 128 Å². The first-order chi connectivity index (χ1) is 12.2. The van der Waals surface area contributed by atoms with Gasteiger partial charge in [-0.3, -0.25) is 9.80 Å². The lowest BCUT2D eigenvalue weighted by atomic mass is 9.97. The molecule has 3 rings (SSSR count). The van der Waals surface area contributed by atoms with Gasteiger partial charge in [0, 0.05) is 26.2 Å². The zero-order valence-electron chi connectivity index (χ0n) is 15.0. The number of hydrogen-bond donors (Lipinski definition) is 6. The maximum atomic E-state index is 10.2. The lowest BCUT2D eigenvalue weighted by molar-refractivity contribution is -0.274. The molecule has 6 N–H and O–H groups in total. The molecule has 0 aromatic rings. The molecular weight excluding hydrogens is 348 g/mol.